The van der Waals surface area contributed by atoms with Crippen LogP contribution in [0.25, 0.3) is 0 Å². The normalized spacial score (nSPS) is 16.4. The maximum atomic E-state index is 13.5. The van der Waals surface area contributed by atoms with Gasteiger partial charge in [0.25, 0.3) is 0 Å². The van der Waals surface area contributed by atoms with Crippen molar-refractivity contribution in [2.45, 2.75) is 31.8 Å². The Bertz CT molecular complexity index is 1390. The number of carbonyl (C=O) groups is 3. The average Bonchev–Trinajstić information content (AvgIpc) is 3.39. The first kappa shape index (κ1) is 29.4. The molecule has 1 heterocycles. The molecule has 0 spiro atoms. The van der Waals surface area contributed by atoms with Gasteiger partial charge in [0.1, 0.15) is 18.1 Å². The summed E-state index contributed by atoms with van der Waals surface area (Å²) in [5, 5.41) is 14.8. The van der Waals surface area contributed by atoms with E-state index in [0.717, 1.165) is 17.5 Å². The van der Waals surface area contributed by atoms with Crippen LogP contribution in [0.5, 0.6) is 11.5 Å². The minimum atomic E-state index is -0.996. The number of rotatable bonds is 10. The Morgan fingerprint density at radius 3 is 2.37 bits per heavy atom. The number of methoxy groups -OCH3 is 1. The zero-order valence-electron chi connectivity index (χ0n) is 23.7. The van der Waals surface area contributed by atoms with Crippen LogP contribution >= 0.6 is 0 Å². The van der Waals surface area contributed by atoms with Crippen molar-refractivity contribution >= 4 is 29.3 Å². The molecule has 0 saturated carbocycles. The number of nitrogens with zero attached hydrogens (tertiary/aromatic N) is 2. The molecule has 3 aromatic carbocycles. The molecule has 0 unspecified atom stereocenters. The van der Waals surface area contributed by atoms with Gasteiger partial charge in [0, 0.05) is 18.3 Å². The Balaban J connectivity index is 1.41. The second kappa shape index (κ2) is 13.2. The molecule has 3 amide bonds. The standard InChI is InChI=1S/C31H36N4O6/c1-20-7-5-6-8-26(20)32-31(39)33-27-14-9-21(15-28(27)40-4)16-29(36)35-18-23(34(2)3)17-24(35)19-41-25-12-10-22(11-13-25)30(37)38/h5-15,23-24H,16-19H2,1-4H3,(H,37,38)(H2,32,33,39)/t23-,24-/m0/s1. The summed E-state index contributed by atoms with van der Waals surface area (Å²) in [6.45, 7) is 2.79. The first-order valence-corrected chi connectivity index (χ1v) is 13.4. The van der Waals surface area contributed by atoms with Crippen LogP contribution in [0.4, 0.5) is 16.2 Å². The number of benzene rings is 3. The Kier molecular flexibility index (Phi) is 9.46. The molecule has 3 aromatic rings. The number of amides is 3. The minimum Gasteiger partial charge on any atom is -0.495 e. The highest BCUT2D eigenvalue weighted by Gasteiger charge is 2.36. The van der Waals surface area contributed by atoms with E-state index < -0.39 is 12.0 Å². The summed E-state index contributed by atoms with van der Waals surface area (Å²) in [5.74, 6) is -0.0318. The first-order chi connectivity index (χ1) is 19.6. The topological polar surface area (TPSA) is 120 Å². The van der Waals surface area contributed by atoms with Crippen LogP contribution in [-0.2, 0) is 11.2 Å². The lowest BCUT2D eigenvalue weighted by Gasteiger charge is -2.25. The number of aryl methyl sites for hydroxylation is 1. The SMILES string of the molecule is COc1cc(CC(=O)N2C[C@@H](N(C)C)C[C@H]2COc2ccc(C(=O)O)cc2)ccc1NC(=O)Nc1ccccc1C. The number of likely N-dealkylation sites (N-methyl/N-ethyl adjacent to an activating group) is 1. The van der Waals surface area contributed by atoms with E-state index in [1.807, 2.05) is 50.2 Å². The fraction of sp³-hybridized carbons (Fsp3) is 0.323. The number of anilines is 2. The highest BCUT2D eigenvalue weighted by Crippen LogP contribution is 2.28. The molecular formula is C31H36N4O6. The lowest BCUT2D eigenvalue weighted by molar-refractivity contribution is -0.131. The zero-order chi connectivity index (χ0) is 29.5. The Hall–Kier alpha value is -4.57. The molecule has 1 fully saturated rings. The lowest BCUT2D eigenvalue weighted by Crippen LogP contribution is -2.40. The summed E-state index contributed by atoms with van der Waals surface area (Å²) >= 11 is 0. The van der Waals surface area contributed by atoms with E-state index in [1.54, 1.807) is 30.3 Å². The molecule has 1 saturated heterocycles. The van der Waals surface area contributed by atoms with Gasteiger partial charge in [-0.05, 0) is 81.0 Å². The van der Waals surface area contributed by atoms with Crippen molar-refractivity contribution in [1.29, 1.82) is 0 Å². The van der Waals surface area contributed by atoms with Gasteiger partial charge in [0.2, 0.25) is 5.91 Å². The van der Waals surface area contributed by atoms with Crippen LogP contribution in [0, 0.1) is 6.92 Å². The first-order valence-electron chi connectivity index (χ1n) is 13.4. The van der Waals surface area contributed by atoms with Gasteiger partial charge in [0.05, 0.1) is 30.8 Å². The summed E-state index contributed by atoms with van der Waals surface area (Å²) < 4.78 is 11.5. The highest BCUT2D eigenvalue weighted by atomic mass is 16.5. The molecule has 10 heteroatoms. The Labute approximate surface area is 239 Å². The number of likely N-dealkylation sites (tertiary alicyclic amines) is 1. The highest BCUT2D eigenvalue weighted by molar-refractivity contribution is 6.01. The van der Waals surface area contributed by atoms with E-state index in [-0.39, 0.29) is 30.0 Å². The van der Waals surface area contributed by atoms with Crippen molar-refractivity contribution in [3.63, 3.8) is 0 Å². The van der Waals surface area contributed by atoms with Crippen molar-refractivity contribution in [3.05, 3.63) is 83.4 Å². The van der Waals surface area contributed by atoms with Crippen molar-refractivity contribution in [2.75, 3.05) is 45.0 Å². The van der Waals surface area contributed by atoms with Crippen molar-refractivity contribution in [3.8, 4) is 11.5 Å². The summed E-state index contributed by atoms with van der Waals surface area (Å²) in [7, 11) is 5.50. The Morgan fingerprint density at radius 2 is 1.71 bits per heavy atom. The van der Waals surface area contributed by atoms with Crippen molar-refractivity contribution < 1.29 is 29.0 Å². The van der Waals surface area contributed by atoms with E-state index >= 15 is 0 Å². The molecular weight excluding hydrogens is 524 g/mol. The van der Waals surface area contributed by atoms with Crippen LogP contribution in [-0.4, -0.2) is 79.3 Å². The molecule has 0 aliphatic carbocycles. The third-order valence-corrected chi connectivity index (χ3v) is 7.25. The number of carboxylic acid groups (broad SMARTS) is 1. The fourth-order valence-corrected chi connectivity index (χ4v) is 4.83. The second-order valence-electron chi connectivity index (χ2n) is 10.3. The van der Waals surface area contributed by atoms with Gasteiger partial charge in [-0.2, -0.15) is 0 Å². The molecule has 4 rings (SSSR count). The second-order valence-corrected chi connectivity index (χ2v) is 10.3. The molecule has 0 aromatic heterocycles. The summed E-state index contributed by atoms with van der Waals surface area (Å²) in [6, 6.07) is 18.7. The molecule has 41 heavy (non-hydrogen) atoms. The van der Waals surface area contributed by atoms with Gasteiger partial charge >= 0.3 is 12.0 Å². The smallest absolute Gasteiger partial charge is 0.335 e. The molecule has 216 valence electrons. The average molecular weight is 561 g/mol. The van der Waals surface area contributed by atoms with Crippen molar-refractivity contribution in [1.82, 2.24) is 9.80 Å². The lowest BCUT2D eigenvalue weighted by atomic mass is 10.1. The number of aromatic carboxylic acids is 1. The van der Waals surface area contributed by atoms with E-state index in [4.69, 9.17) is 14.6 Å². The van der Waals surface area contributed by atoms with E-state index in [9.17, 15) is 14.4 Å². The number of hydrogen-bond donors (Lipinski definition) is 3. The summed E-state index contributed by atoms with van der Waals surface area (Å²) in [6.07, 6.45) is 0.921. The molecule has 1 aliphatic rings. The maximum Gasteiger partial charge on any atom is 0.335 e. The Morgan fingerprint density at radius 1 is 1.00 bits per heavy atom. The summed E-state index contributed by atoms with van der Waals surface area (Å²) in [4.78, 5) is 41.1. The number of urea groups is 1. The quantitative estimate of drug-likeness (QED) is 0.334. The third-order valence-electron chi connectivity index (χ3n) is 7.25. The van der Waals surface area contributed by atoms with E-state index in [1.165, 1.54) is 19.2 Å². The van der Waals surface area contributed by atoms with Crippen LogP contribution in [0.15, 0.2) is 66.7 Å². The van der Waals surface area contributed by atoms with Crippen LogP contribution in [0.1, 0.15) is 27.9 Å². The molecule has 0 bridgehead atoms. The van der Waals surface area contributed by atoms with Crippen LogP contribution in [0.2, 0.25) is 0 Å². The van der Waals surface area contributed by atoms with Crippen LogP contribution < -0.4 is 20.1 Å². The van der Waals surface area contributed by atoms with E-state index in [0.29, 0.717) is 36.0 Å². The number of ether oxygens (including phenoxy) is 2. The van der Waals surface area contributed by atoms with Gasteiger partial charge in [-0.25, -0.2) is 9.59 Å². The predicted octanol–water partition coefficient (Wildman–Crippen LogP) is 4.50. The number of carboxylic acids is 1. The predicted molar refractivity (Wildman–Crippen MR) is 157 cm³/mol. The fourth-order valence-electron chi connectivity index (χ4n) is 4.83. The van der Waals surface area contributed by atoms with Gasteiger partial charge in [0.15, 0.2) is 0 Å². The monoisotopic (exact) mass is 560 g/mol. The summed E-state index contributed by atoms with van der Waals surface area (Å²) in [5.41, 5.74) is 3.09. The van der Waals surface area contributed by atoms with Gasteiger partial charge in [-0.3, -0.25) is 4.79 Å². The molecule has 1 aliphatic heterocycles. The number of carbonyl (C=O) groups excluding carboxylic acids is 2. The van der Waals surface area contributed by atoms with E-state index in [2.05, 4.69) is 15.5 Å². The largest absolute Gasteiger partial charge is 0.495 e. The third kappa shape index (κ3) is 7.55. The molecule has 2 atom stereocenters. The minimum absolute atomic E-state index is 0.0377. The van der Waals surface area contributed by atoms with Gasteiger partial charge < -0.3 is 35.0 Å². The number of hydrogen-bond acceptors (Lipinski definition) is 6. The molecule has 3 N–H and O–H groups in total. The number of para-hydroxylation sites is 1. The molecule has 0 radical (unpaired) electrons. The van der Waals surface area contributed by atoms with Gasteiger partial charge in [-0.15, -0.1) is 0 Å². The van der Waals surface area contributed by atoms with Crippen molar-refractivity contribution in [2.24, 2.45) is 0 Å². The van der Waals surface area contributed by atoms with Crippen LogP contribution in [0.3, 0.4) is 0 Å². The molecule has 10 nitrogen and oxygen atoms in total. The number of nitrogens with one attached hydrogen (secondary N) is 2. The van der Waals surface area contributed by atoms with Gasteiger partial charge in [-0.1, -0.05) is 24.3 Å². The maximum absolute atomic E-state index is 13.5. The zero-order valence-corrected chi connectivity index (χ0v) is 23.7.